The lowest BCUT2D eigenvalue weighted by Crippen LogP contribution is -2.56. The number of hydrogen-bond donors (Lipinski definition) is 6. The summed E-state index contributed by atoms with van der Waals surface area (Å²) in [6.07, 6.45) is 12.7. The Hall–Kier alpha value is -5.30. The third-order valence-electron chi connectivity index (χ3n) is 16.2. The molecule has 4 aliphatic heterocycles. The predicted molar refractivity (Wildman–Crippen MR) is 287 cm³/mol. The molecule has 76 heavy (non-hydrogen) atoms. The Bertz CT molecular complexity index is 2250. The van der Waals surface area contributed by atoms with E-state index in [9.17, 15) is 28.8 Å². The van der Waals surface area contributed by atoms with E-state index in [0.717, 1.165) is 86.9 Å². The van der Waals surface area contributed by atoms with Crippen LogP contribution in [-0.2, 0) is 51.1 Å². The first-order valence-corrected chi connectivity index (χ1v) is 28.9. The van der Waals surface area contributed by atoms with Crippen LogP contribution in [0.25, 0.3) is 0 Å². The maximum Gasteiger partial charge on any atom is 0.243 e. The Morgan fingerprint density at radius 3 is 1.66 bits per heavy atom. The Morgan fingerprint density at radius 1 is 0.553 bits per heavy atom. The van der Waals surface area contributed by atoms with Gasteiger partial charge < -0.3 is 50.8 Å². The lowest BCUT2D eigenvalue weighted by atomic mass is 9.95. The van der Waals surface area contributed by atoms with E-state index in [4.69, 9.17) is 18.9 Å². The van der Waals surface area contributed by atoms with Crippen LogP contribution in [0.15, 0.2) is 42.5 Å². The van der Waals surface area contributed by atoms with Crippen molar-refractivity contribution in [1.29, 1.82) is 0 Å². The molecule has 1 unspecified atom stereocenters. The lowest BCUT2D eigenvalue weighted by Gasteiger charge is -2.34. The molecule has 4 bridgehead atoms. The van der Waals surface area contributed by atoms with Crippen molar-refractivity contribution in [2.45, 2.75) is 172 Å². The molecule has 4 fully saturated rings. The first kappa shape index (κ1) is 56.9. The number of nitrogens with zero attached hydrogens (tertiary/aromatic N) is 2. The lowest BCUT2D eigenvalue weighted by molar-refractivity contribution is -0.133. The minimum absolute atomic E-state index is 0.0920. The van der Waals surface area contributed by atoms with Crippen LogP contribution in [0.1, 0.15) is 139 Å². The van der Waals surface area contributed by atoms with Crippen molar-refractivity contribution in [3.05, 3.63) is 59.2 Å². The smallest absolute Gasteiger partial charge is 0.243 e. The second-order valence-corrected chi connectivity index (χ2v) is 22.4. The zero-order valence-corrected chi connectivity index (χ0v) is 45.2. The number of carbonyl (C=O) groups is 6. The second kappa shape index (κ2) is 28.9. The number of carbonyl (C=O) groups excluding carboxylic acids is 6. The van der Waals surface area contributed by atoms with Crippen molar-refractivity contribution >= 4 is 35.4 Å². The summed E-state index contributed by atoms with van der Waals surface area (Å²) in [5.41, 5.74) is 2.76. The summed E-state index contributed by atoms with van der Waals surface area (Å²) >= 11 is 0. The highest BCUT2D eigenvalue weighted by atomic mass is 16.5. The van der Waals surface area contributed by atoms with Crippen LogP contribution in [0.4, 0.5) is 0 Å². The largest absolute Gasteiger partial charge is 0.494 e. The number of benzene rings is 2. The molecule has 418 valence electrons. The summed E-state index contributed by atoms with van der Waals surface area (Å²) < 4.78 is 24.5. The molecule has 8 rings (SSSR count). The molecule has 2 aromatic rings. The van der Waals surface area contributed by atoms with Crippen molar-refractivity contribution in [2.75, 3.05) is 72.3 Å². The summed E-state index contributed by atoms with van der Waals surface area (Å²) in [4.78, 5) is 88.6. The topological polar surface area (TPSA) is 218 Å². The molecule has 7 atom stereocenters. The van der Waals surface area contributed by atoms with E-state index in [-0.39, 0.29) is 53.6 Å². The highest BCUT2D eigenvalue weighted by molar-refractivity contribution is 5.93. The first-order chi connectivity index (χ1) is 36.9. The third-order valence-corrected chi connectivity index (χ3v) is 16.2. The van der Waals surface area contributed by atoms with Crippen LogP contribution >= 0.6 is 0 Å². The van der Waals surface area contributed by atoms with Crippen LogP contribution in [0.3, 0.4) is 0 Å². The van der Waals surface area contributed by atoms with Gasteiger partial charge in [0.15, 0.2) is 0 Å². The standard InChI is InChI=1S/C58H86N8O10/c1-39-32-41-12-11-17-46(35-41)74-27-9-7-18-48(55(69)59-44-13-3-4-14-44)64-58(72)51(62-53(39)67)21-23-66-26-31-76-52(38-66)43-34-42-33-40(2)54(68)61-50(20-22-65-24-29-73-30-25-65)57(71)63-49(56(70)60-45-15-5-6-16-45)19-8-10-28-75-47(36-42)37-43/h11-12,17,34-37,39-40,44-45,48-52H,3-10,13-16,18-33,38H2,1-2H3,(H,59,69)(H,60,70)(H,61,68)(H,62,67)(H,63,71)(H,64,72)/t39-,40+,48-,49-,50-,51-,52?/m0/s1. The molecular formula is C58H86N8O10. The van der Waals surface area contributed by atoms with Gasteiger partial charge in [-0.25, -0.2) is 0 Å². The van der Waals surface area contributed by atoms with Crippen LogP contribution in [0.5, 0.6) is 11.5 Å². The molecule has 2 saturated heterocycles. The number of fused-ring (bicyclic) bond motifs is 4. The number of nitrogens with one attached hydrogen (secondary N) is 6. The zero-order chi connectivity index (χ0) is 53.2. The van der Waals surface area contributed by atoms with E-state index < -0.39 is 36.0 Å². The van der Waals surface area contributed by atoms with Crippen molar-refractivity contribution in [1.82, 2.24) is 41.7 Å². The quantitative estimate of drug-likeness (QED) is 0.185. The van der Waals surface area contributed by atoms with Gasteiger partial charge in [-0.3, -0.25) is 38.6 Å². The van der Waals surface area contributed by atoms with Gasteiger partial charge in [0.1, 0.15) is 35.7 Å². The first-order valence-electron chi connectivity index (χ1n) is 28.9. The molecule has 4 heterocycles. The van der Waals surface area contributed by atoms with Gasteiger partial charge in [-0.1, -0.05) is 57.7 Å². The highest BCUT2D eigenvalue weighted by Crippen LogP contribution is 2.30. The van der Waals surface area contributed by atoms with Gasteiger partial charge in [-0.15, -0.1) is 0 Å². The molecule has 6 N–H and O–H groups in total. The van der Waals surface area contributed by atoms with Gasteiger partial charge in [0.25, 0.3) is 0 Å². The maximum atomic E-state index is 14.4. The molecule has 2 aliphatic carbocycles. The predicted octanol–water partition coefficient (Wildman–Crippen LogP) is 4.41. The van der Waals surface area contributed by atoms with Crippen LogP contribution in [0.2, 0.25) is 0 Å². The average molecular weight is 1060 g/mol. The Morgan fingerprint density at radius 2 is 1.07 bits per heavy atom. The monoisotopic (exact) mass is 1050 g/mol. The number of rotatable bonds is 11. The van der Waals surface area contributed by atoms with E-state index in [2.05, 4.69) is 47.8 Å². The van der Waals surface area contributed by atoms with Crippen molar-refractivity contribution < 1.29 is 47.7 Å². The van der Waals surface area contributed by atoms with E-state index in [0.29, 0.717) is 129 Å². The SMILES string of the molecule is C[C@@H]1Cc2cc(cc(C3CN(CC[C@@H]4NC(=O)[C@@H](C)Cc5cccc(c5)OCCCC[C@@H](C(=O)NC5CCCC5)NC4=O)CCO3)c2)OCCCC[C@@H](C(=O)NC2CCCC2)NC(=O)[C@H](CCN2CCOCC2)NC1=O. The summed E-state index contributed by atoms with van der Waals surface area (Å²) in [6.45, 7) is 9.95. The fourth-order valence-corrected chi connectivity index (χ4v) is 11.6. The van der Waals surface area contributed by atoms with Crippen LogP contribution in [-0.4, -0.2) is 154 Å². The molecular weight excluding hydrogens is 969 g/mol. The van der Waals surface area contributed by atoms with Gasteiger partial charge in [-0.2, -0.15) is 0 Å². The minimum Gasteiger partial charge on any atom is -0.494 e. The number of ether oxygens (including phenoxy) is 4. The van der Waals surface area contributed by atoms with Gasteiger partial charge in [-0.05, 0) is 131 Å². The molecule has 6 aliphatic rings. The molecule has 0 spiro atoms. The van der Waals surface area contributed by atoms with Gasteiger partial charge >= 0.3 is 0 Å². The van der Waals surface area contributed by atoms with E-state index >= 15 is 0 Å². The summed E-state index contributed by atoms with van der Waals surface area (Å²) in [5, 5.41) is 18.7. The van der Waals surface area contributed by atoms with Crippen molar-refractivity contribution in [2.24, 2.45) is 11.8 Å². The van der Waals surface area contributed by atoms with Gasteiger partial charge in [0.2, 0.25) is 35.4 Å². The van der Waals surface area contributed by atoms with Crippen LogP contribution < -0.4 is 41.4 Å². The highest BCUT2D eigenvalue weighted by Gasteiger charge is 2.34. The molecule has 0 aromatic heterocycles. The molecule has 0 radical (unpaired) electrons. The number of hydrogen-bond acceptors (Lipinski definition) is 12. The van der Waals surface area contributed by atoms with Crippen molar-refractivity contribution in [3.63, 3.8) is 0 Å². The molecule has 18 nitrogen and oxygen atoms in total. The third kappa shape index (κ3) is 17.4. The molecule has 6 amide bonds. The number of morpholine rings is 2. The molecule has 18 heteroatoms. The minimum atomic E-state index is -0.890. The zero-order valence-electron chi connectivity index (χ0n) is 45.2. The second-order valence-electron chi connectivity index (χ2n) is 22.4. The van der Waals surface area contributed by atoms with E-state index in [1.807, 2.05) is 50.2 Å². The summed E-state index contributed by atoms with van der Waals surface area (Å²) in [7, 11) is 0. The normalized spacial score (nSPS) is 27.9. The summed E-state index contributed by atoms with van der Waals surface area (Å²) in [5.74, 6) is -1.16. The van der Waals surface area contributed by atoms with Gasteiger partial charge in [0, 0.05) is 63.2 Å². The Balaban J connectivity index is 0.962. The average Bonchev–Trinajstić information content (AvgIpc) is 4.15. The molecule has 2 saturated carbocycles. The Kier molecular flexibility index (Phi) is 21.6. The summed E-state index contributed by atoms with van der Waals surface area (Å²) in [6, 6.07) is 10.8. The van der Waals surface area contributed by atoms with E-state index in [1.165, 1.54) is 0 Å². The fraction of sp³-hybridized carbons (Fsp3) is 0.690. The Labute approximate surface area is 449 Å². The van der Waals surface area contributed by atoms with Crippen LogP contribution in [0, 0.1) is 11.8 Å². The maximum absolute atomic E-state index is 14.4. The molecule has 2 aromatic carbocycles. The van der Waals surface area contributed by atoms with Crippen molar-refractivity contribution in [3.8, 4) is 11.5 Å². The van der Waals surface area contributed by atoms with E-state index in [1.54, 1.807) is 0 Å². The van der Waals surface area contributed by atoms with Gasteiger partial charge in [0.05, 0.1) is 39.1 Å². The number of amides is 6. The fourth-order valence-electron chi connectivity index (χ4n) is 11.6.